The molecule has 2 N–H and O–H groups in total. The number of aliphatic hydroxyl groups is 1. The van der Waals surface area contributed by atoms with E-state index in [2.05, 4.69) is 16.3 Å². The highest BCUT2D eigenvalue weighted by atomic mass is 35.5. The first kappa shape index (κ1) is 13.7. The first-order valence-electron chi connectivity index (χ1n) is 6.48. The summed E-state index contributed by atoms with van der Waals surface area (Å²) in [7, 11) is 1.94. The molecular weight excluding hydrogens is 248 g/mol. The van der Waals surface area contributed by atoms with Crippen molar-refractivity contribution in [3.8, 4) is 0 Å². The number of benzene rings is 1. The first-order chi connectivity index (χ1) is 8.61. The number of rotatable bonds is 4. The third-order valence-electron chi connectivity index (χ3n) is 3.66. The van der Waals surface area contributed by atoms with E-state index in [0.717, 1.165) is 31.1 Å². The topological polar surface area (TPSA) is 35.5 Å². The Labute approximate surface area is 114 Å². The van der Waals surface area contributed by atoms with Crippen molar-refractivity contribution in [3.05, 3.63) is 28.8 Å². The van der Waals surface area contributed by atoms with Crippen LogP contribution in [0.5, 0.6) is 0 Å². The van der Waals surface area contributed by atoms with Crippen LogP contribution in [0.4, 0.5) is 5.69 Å². The van der Waals surface area contributed by atoms with Crippen LogP contribution in [0.25, 0.3) is 0 Å². The van der Waals surface area contributed by atoms with E-state index >= 15 is 0 Å². The van der Waals surface area contributed by atoms with Crippen molar-refractivity contribution in [2.24, 2.45) is 5.92 Å². The standard InChI is InChI=1S/C14H21ClN2O/c1-10(18)11-5-6-17(9-11)14-4-3-13(15)7-12(14)8-16-2/h3-4,7,10-11,16,18H,5-6,8-9H2,1-2H3. The van der Waals surface area contributed by atoms with Gasteiger partial charge < -0.3 is 15.3 Å². The van der Waals surface area contributed by atoms with Gasteiger partial charge >= 0.3 is 0 Å². The minimum absolute atomic E-state index is 0.227. The van der Waals surface area contributed by atoms with E-state index in [4.69, 9.17) is 11.6 Å². The molecule has 0 aliphatic carbocycles. The minimum Gasteiger partial charge on any atom is -0.393 e. The zero-order valence-electron chi connectivity index (χ0n) is 11.0. The highest BCUT2D eigenvalue weighted by Crippen LogP contribution is 2.30. The maximum Gasteiger partial charge on any atom is 0.0557 e. The van der Waals surface area contributed by atoms with Gasteiger partial charge in [-0.2, -0.15) is 0 Å². The number of hydrogen-bond acceptors (Lipinski definition) is 3. The van der Waals surface area contributed by atoms with Crippen molar-refractivity contribution in [3.63, 3.8) is 0 Å². The highest BCUT2D eigenvalue weighted by molar-refractivity contribution is 6.30. The van der Waals surface area contributed by atoms with E-state index in [0.29, 0.717) is 5.92 Å². The fraction of sp³-hybridized carbons (Fsp3) is 0.571. The van der Waals surface area contributed by atoms with Gasteiger partial charge in [0.2, 0.25) is 0 Å². The molecule has 1 aliphatic rings. The molecule has 2 unspecified atom stereocenters. The summed E-state index contributed by atoms with van der Waals surface area (Å²) < 4.78 is 0. The van der Waals surface area contributed by atoms with Crippen LogP contribution >= 0.6 is 11.6 Å². The molecule has 18 heavy (non-hydrogen) atoms. The normalized spacial score (nSPS) is 21.3. The Morgan fingerprint density at radius 2 is 2.33 bits per heavy atom. The number of anilines is 1. The van der Waals surface area contributed by atoms with E-state index in [9.17, 15) is 5.11 Å². The third-order valence-corrected chi connectivity index (χ3v) is 3.89. The summed E-state index contributed by atoms with van der Waals surface area (Å²) in [5.41, 5.74) is 2.45. The second-order valence-corrected chi connectivity index (χ2v) is 5.48. The Balaban J connectivity index is 2.18. The van der Waals surface area contributed by atoms with Gasteiger partial charge in [0.1, 0.15) is 0 Å². The summed E-state index contributed by atoms with van der Waals surface area (Å²) in [6.07, 6.45) is 0.828. The van der Waals surface area contributed by atoms with Crippen molar-refractivity contribution in [2.45, 2.75) is 26.0 Å². The van der Waals surface area contributed by atoms with Gasteiger partial charge in [0.25, 0.3) is 0 Å². The lowest BCUT2D eigenvalue weighted by molar-refractivity contribution is 0.136. The lowest BCUT2D eigenvalue weighted by atomic mass is 10.0. The summed E-state index contributed by atoms with van der Waals surface area (Å²) in [4.78, 5) is 2.35. The summed E-state index contributed by atoms with van der Waals surface area (Å²) in [5.74, 6) is 0.378. The van der Waals surface area contributed by atoms with Crippen molar-refractivity contribution in [1.29, 1.82) is 0 Å². The number of halogens is 1. The number of nitrogens with zero attached hydrogens (tertiary/aromatic N) is 1. The molecule has 3 nitrogen and oxygen atoms in total. The van der Waals surface area contributed by atoms with Gasteiger partial charge in [-0.15, -0.1) is 0 Å². The molecular formula is C14H21ClN2O. The third kappa shape index (κ3) is 2.97. The van der Waals surface area contributed by atoms with E-state index in [-0.39, 0.29) is 6.10 Å². The zero-order chi connectivity index (χ0) is 13.1. The molecule has 0 amide bonds. The summed E-state index contributed by atoms with van der Waals surface area (Å²) in [6, 6.07) is 6.04. The molecule has 1 aromatic carbocycles. The van der Waals surface area contributed by atoms with Crippen molar-refractivity contribution in [1.82, 2.24) is 5.32 Å². The molecule has 1 fully saturated rings. The summed E-state index contributed by atoms with van der Waals surface area (Å²) in [6.45, 7) is 4.63. The molecule has 0 aromatic heterocycles. The maximum atomic E-state index is 9.67. The predicted octanol–water partition coefficient (Wildman–Crippen LogP) is 2.27. The average molecular weight is 269 g/mol. The van der Waals surface area contributed by atoms with Crippen LogP contribution in [-0.4, -0.2) is 31.3 Å². The van der Waals surface area contributed by atoms with Crippen LogP contribution < -0.4 is 10.2 Å². The molecule has 0 radical (unpaired) electrons. The van der Waals surface area contributed by atoms with Crippen LogP contribution in [-0.2, 0) is 6.54 Å². The van der Waals surface area contributed by atoms with E-state index in [1.165, 1.54) is 11.3 Å². The molecule has 1 heterocycles. The SMILES string of the molecule is CNCc1cc(Cl)ccc1N1CCC(C(C)O)C1. The van der Waals surface area contributed by atoms with Gasteiger partial charge in [-0.1, -0.05) is 11.6 Å². The largest absolute Gasteiger partial charge is 0.393 e. The molecule has 100 valence electrons. The molecule has 2 atom stereocenters. The van der Waals surface area contributed by atoms with Crippen LogP contribution in [0, 0.1) is 5.92 Å². The Morgan fingerprint density at radius 1 is 1.56 bits per heavy atom. The van der Waals surface area contributed by atoms with Crippen molar-refractivity contribution in [2.75, 3.05) is 25.0 Å². The van der Waals surface area contributed by atoms with Gasteiger partial charge in [-0.25, -0.2) is 0 Å². The van der Waals surface area contributed by atoms with Gasteiger partial charge in [0.05, 0.1) is 6.10 Å². The van der Waals surface area contributed by atoms with Crippen molar-refractivity contribution < 1.29 is 5.11 Å². The van der Waals surface area contributed by atoms with E-state index in [1.54, 1.807) is 0 Å². The quantitative estimate of drug-likeness (QED) is 0.879. The Bertz CT molecular complexity index is 409. The number of aliphatic hydroxyl groups excluding tert-OH is 1. The van der Waals surface area contributed by atoms with Gasteiger partial charge in [0, 0.05) is 36.3 Å². The number of nitrogens with one attached hydrogen (secondary N) is 1. The molecule has 2 rings (SSSR count). The fourth-order valence-electron chi connectivity index (χ4n) is 2.59. The van der Waals surface area contributed by atoms with Crippen LogP contribution in [0.15, 0.2) is 18.2 Å². The molecule has 1 aliphatic heterocycles. The van der Waals surface area contributed by atoms with Gasteiger partial charge in [-0.05, 0) is 44.2 Å². The first-order valence-corrected chi connectivity index (χ1v) is 6.85. The summed E-state index contributed by atoms with van der Waals surface area (Å²) in [5, 5.41) is 13.6. The molecule has 0 saturated carbocycles. The van der Waals surface area contributed by atoms with Crippen LogP contribution in [0.1, 0.15) is 18.9 Å². The monoisotopic (exact) mass is 268 g/mol. The minimum atomic E-state index is -0.227. The molecule has 0 bridgehead atoms. The second-order valence-electron chi connectivity index (χ2n) is 5.04. The van der Waals surface area contributed by atoms with Gasteiger partial charge in [-0.3, -0.25) is 0 Å². The number of hydrogen-bond donors (Lipinski definition) is 2. The van der Waals surface area contributed by atoms with Crippen LogP contribution in [0.3, 0.4) is 0 Å². The Hall–Kier alpha value is -0.770. The predicted molar refractivity (Wildman–Crippen MR) is 76.2 cm³/mol. The molecule has 0 spiro atoms. The summed E-state index contributed by atoms with van der Waals surface area (Å²) >= 11 is 6.05. The van der Waals surface area contributed by atoms with Crippen molar-refractivity contribution >= 4 is 17.3 Å². The Morgan fingerprint density at radius 3 is 2.94 bits per heavy atom. The molecule has 4 heteroatoms. The highest BCUT2D eigenvalue weighted by Gasteiger charge is 2.27. The zero-order valence-corrected chi connectivity index (χ0v) is 11.7. The smallest absolute Gasteiger partial charge is 0.0557 e. The second kappa shape index (κ2) is 5.91. The lowest BCUT2D eigenvalue weighted by Crippen LogP contribution is -2.25. The van der Waals surface area contributed by atoms with E-state index in [1.807, 2.05) is 26.1 Å². The average Bonchev–Trinajstić information content (AvgIpc) is 2.79. The van der Waals surface area contributed by atoms with E-state index < -0.39 is 0 Å². The van der Waals surface area contributed by atoms with Gasteiger partial charge in [0.15, 0.2) is 0 Å². The lowest BCUT2D eigenvalue weighted by Gasteiger charge is -2.23. The molecule has 1 saturated heterocycles. The maximum absolute atomic E-state index is 9.67. The Kier molecular flexibility index (Phi) is 4.49. The fourth-order valence-corrected chi connectivity index (χ4v) is 2.79. The van der Waals surface area contributed by atoms with Crippen LogP contribution in [0.2, 0.25) is 5.02 Å². The molecule has 1 aromatic rings.